The van der Waals surface area contributed by atoms with Gasteiger partial charge < -0.3 is 14.4 Å². The summed E-state index contributed by atoms with van der Waals surface area (Å²) in [5.41, 5.74) is 2.51. The fourth-order valence-electron chi connectivity index (χ4n) is 3.67. The monoisotopic (exact) mass is 457 g/mol. The van der Waals surface area contributed by atoms with Crippen LogP contribution in [0.3, 0.4) is 0 Å². The molecule has 0 unspecified atom stereocenters. The summed E-state index contributed by atoms with van der Waals surface area (Å²) in [5.74, 6) is 1.23. The maximum Gasteiger partial charge on any atom is 0.273 e. The number of methoxy groups -OCH3 is 2. The number of benzene rings is 2. The number of aromatic nitrogens is 1. The Labute approximate surface area is 191 Å². The summed E-state index contributed by atoms with van der Waals surface area (Å²) in [4.78, 5) is 21.8. The van der Waals surface area contributed by atoms with E-state index in [1.807, 2.05) is 52.7 Å². The molecule has 31 heavy (non-hydrogen) atoms. The van der Waals surface area contributed by atoms with Gasteiger partial charge in [0.2, 0.25) is 0 Å². The lowest BCUT2D eigenvalue weighted by molar-refractivity contribution is 0.0623. The first kappa shape index (κ1) is 21.6. The smallest absolute Gasteiger partial charge is 0.273 e. The second-order valence-electron chi connectivity index (χ2n) is 7.27. The quantitative estimate of drug-likeness (QED) is 0.547. The molecule has 2 heterocycles. The molecule has 1 saturated heterocycles. The molecule has 3 aromatic rings. The predicted octanol–water partition coefficient (Wildman–Crippen LogP) is 4.44. The van der Waals surface area contributed by atoms with Crippen LogP contribution in [0.15, 0.2) is 47.8 Å². The number of halogens is 1. The molecule has 6 nitrogen and oxygen atoms in total. The zero-order valence-corrected chi connectivity index (χ0v) is 19.1. The molecular formula is C23H24ClN3O3S. The maximum atomic E-state index is 13.0. The van der Waals surface area contributed by atoms with Crippen LogP contribution in [0.4, 0.5) is 0 Å². The number of rotatable bonds is 6. The molecule has 0 radical (unpaired) electrons. The number of hydrogen-bond donors (Lipinski definition) is 0. The van der Waals surface area contributed by atoms with E-state index in [4.69, 9.17) is 21.1 Å². The Balaban J connectivity index is 1.40. The highest BCUT2D eigenvalue weighted by molar-refractivity contribution is 7.13. The fourth-order valence-corrected chi connectivity index (χ4v) is 4.61. The number of hydrogen-bond acceptors (Lipinski definition) is 6. The van der Waals surface area contributed by atoms with Crippen molar-refractivity contribution < 1.29 is 14.3 Å². The van der Waals surface area contributed by atoms with Gasteiger partial charge >= 0.3 is 0 Å². The number of carbonyl (C=O) groups excluding carboxylic acids is 1. The summed E-state index contributed by atoms with van der Waals surface area (Å²) < 4.78 is 10.9. The molecule has 0 aliphatic carbocycles. The molecule has 8 heteroatoms. The molecule has 1 amide bonds. The Bertz CT molecular complexity index is 1050. The maximum absolute atomic E-state index is 13.0. The van der Waals surface area contributed by atoms with Crippen LogP contribution in [0.2, 0.25) is 5.02 Å². The number of amides is 1. The van der Waals surface area contributed by atoms with Crippen LogP contribution in [0.5, 0.6) is 11.5 Å². The third kappa shape index (κ3) is 4.84. The topological polar surface area (TPSA) is 54.9 Å². The number of nitrogens with zero attached hydrogens (tertiary/aromatic N) is 3. The Morgan fingerprint density at radius 2 is 1.81 bits per heavy atom. The highest BCUT2D eigenvalue weighted by atomic mass is 35.5. The summed E-state index contributed by atoms with van der Waals surface area (Å²) in [6.07, 6.45) is 0. The van der Waals surface area contributed by atoms with Gasteiger partial charge in [0.25, 0.3) is 5.91 Å². The Kier molecular flexibility index (Phi) is 6.75. The average molecular weight is 458 g/mol. The van der Waals surface area contributed by atoms with E-state index in [-0.39, 0.29) is 5.91 Å². The zero-order valence-electron chi connectivity index (χ0n) is 17.5. The third-order valence-corrected chi connectivity index (χ3v) is 6.46. The molecule has 0 saturated carbocycles. The highest BCUT2D eigenvalue weighted by Crippen LogP contribution is 2.39. The first-order valence-corrected chi connectivity index (χ1v) is 11.3. The first-order chi connectivity index (χ1) is 15.1. The van der Waals surface area contributed by atoms with E-state index in [1.54, 1.807) is 14.2 Å². The van der Waals surface area contributed by atoms with Gasteiger partial charge in [-0.05, 0) is 29.8 Å². The lowest BCUT2D eigenvalue weighted by Crippen LogP contribution is -2.48. The zero-order chi connectivity index (χ0) is 21.8. The molecule has 0 N–H and O–H groups in total. The van der Waals surface area contributed by atoms with Crippen LogP contribution in [0, 0.1) is 0 Å². The number of para-hydroxylation sites is 1. The van der Waals surface area contributed by atoms with E-state index in [2.05, 4.69) is 9.88 Å². The van der Waals surface area contributed by atoms with Gasteiger partial charge in [0.1, 0.15) is 10.7 Å². The molecule has 1 aliphatic rings. The molecule has 4 rings (SSSR count). The second kappa shape index (κ2) is 9.68. The number of piperazine rings is 1. The summed E-state index contributed by atoms with van der Waals surface area (Å²) >= 11 is 7.40. The molecule has 162 valence electrons. The van der Waals surface area contributed by atoms with Crippen LogP contribution in [0.25, 0.3) is 10.6 Å². The van der Waals surface area contributed by atoms with E-state index in [1.165, 1.54) is 16.9 Å². The van der Waals surface area contributed by atoms with Crippen LogP contribution < -0.4 is 9.47 Å². The van der Waals surface area contributed by atoms with E-state index < -0.39 is 0 Å². The largest absolute Gasteiger partial charge is 0.493 e. The van der Waals surface area contributed by atoms with Crippen LogP contribution >= 0.6 is 22.9 Å². The molecule has 0 spiro atoms. The molecular weight excluding hydrogens is 434 g/mol. The minimum atomic E-state index is -0.0319. The first-order valence-electron chi connectivity index (χ1n) is 10.0. The Hall–Kier alpha value is -2.61. The highest BCUT2D eigenvalue weighted by Gasteiger charge is 2.25. The van der Waals surface area contributed by atoms with Crippen molar-refractivity contribution in [2.45, 2.75) is 6.54 Å². The van der Waals surface area contributed by atoms with Crippen LogP contribution in [-0.4, -0.2) is 61.1 Å². The van der Waals surface area contributed by atoms with Crippen molar-refractivity contribution in [3.8, 4) is 22.1 Å². The number of thiazole rings is 1. The van der Waals surface area contributed by atoms with Crippen molar-refractivity contribution in [1.82, 2.24) is 14.8 Å². The fraction of sp³-hybridized carbons (Fsp3) is 0.304. The van der Waals surface area contributed by atoms with Crippen molar-refractivity contribution in [2.75, 3.05) is 40.4 Å². The predicted molar refractivity (Wildman–Crippen MR) is 123 cm³/mol. The molecule has 1 aromatic heterocycles. The van der Waals surface area contributed by atoms with Crippen molar-refractivity contribution in [3.63, 3.8) is 0 Å². The number of ether oxygens (including phenoxy) is 2. The van der Waals surface area contributed by atoms with E-state index in [0.717, 1.165) is 35.2 Å². The standard InChI is InChI=1S/C23H24ClN3O3S/c1-29-20-5-3-4-18(21(20)30-2)22-25-19(15-31-22)23(28)27-12-10-26(11-13-27)14-16-6-8-17(24)9-7-16/h3-9,15H,10-14H2,1-2H3. The molecule has 2 aromatic carbocycles. The van der Waals surface area contributed by atoms with Crippen molar-refractivity contribution in [2.24, 2.45) is 0 Å². The van der Waals surface area contributed by atoms with Crippen molar-refractivity contribution in [3.05, 3.63) is 64.1 Å². The van der Waals surface area contributed by atoms with Crippen molar-refractivity contribution in [1.29, 1.82) is 0 Å². The van der Waals surface area contributed by atoms with Gasteiger partial charge in [-0.1, -0.05) is 29.8 Å². The van der Waals surface area contributed by atoms with Crippen molar-refractivity contribution >= 4 is 28.8 Å². The van der Waals surface area contributed by atoms with Crippen LogP contribution in [0.1, 0.15) is 16.1 Å². The molecule has 0 bridgehead atoms. The van der Waals surface area contributed by atoms with Gasteiger partial charge in [-0.15, -0.1) is 11.3 Å². The average Bonchev–Trinajstić information content (AvgIpc) is 3.30. The lowest BCUT2D eigenvalue weighted by atomic mass is 10.2. The SMILES string of the molecule is COc1cccc(-c2nc(C(=O)N3CCN(Cc4ccc(Cl)cc4)CC3)cs2)c1OC. The van der Waals surface area contributed by atoms with Crippen LogP contribution in [-0.2, 0) is 6.54 Å². The third-order valence-electron chi connectivity index (χ3n) is 5.34. The summed E-state index contributed by atoms with van der Waals surface area (Å²) in [5, 5.41) is 3.30. The van der Waals surface area contributed by atoms with Gasteiger partial charge in [-0.2, -0.15) is 0 Å². The molecule has 1 fully saturated rings. The number of carbonyl (C=O) groups is 1. The summed E-state index contributed by atoms with van der Waals surface area (Å²) in [6, 6.07) is 13.6. The summed E-state index contributed by atoms with van der Waals surface area (Å²) in [7, 11) is 3.20. The van der Waals surface area contributed by atoms with Gasteiger partial charge in [-0.25, -0.2) is 4.98 Å². The summed E-state index contributed by atoms with van der Waals surface area (Å²) in [6.45, 7) is 3.88. The van der Waals surface area contributed by atoms with Gasteiger partial charge in [-0.3, -0.25) is 9.69 Å². The van der Waals surface area contributed by atoms with E-state index in [0.29, 0.717) is 30.3 Å². The van der Waals surface area contributed by atoms with E-state index >= 15 is 0 Å². The molecule has 1 aliphatic heterocycles. The molecule has 0 atom stereocenters. The Morgan fingerprint density at radius 1 is 1.06 bits per heavy atom. The van der Waals surface area contributed by atoms with Gasteiger partial charge in [0.15, 0.2) is 11.5 Å². The Morgan fingerprint density at radius 3 is 2.48 bits per heavy atom. The lowest BCUT2D eigenvalue weighted by Gasteiger charge is -2.34. The van der Waals surface area contributed by atoms with E-state index in [9.17, 15) is 4.79 Å². The minimum Gasteiger partial charge on any atom is -0.493 e. The van der Waals surface area contributed by atoms with Gasteiger partial charge in [0.05, 0.1) is 19.8 Å². The van der Waals surface area contributed by atoms with Gasteiger partial charge in [0, 0.05) is 43.1 Å². The minimum absolute atomic E-state index is 0.0319. The second-order valence-corrected chi connectivity index (χ2v) is 8.57. The normalized spacial score (nSPS) is 14.5.